The maximum absolute atomic E-state index is 12.9. The van der Waals surface area contributed by atoms with Crippen LogP contribution in [0.4, 0.5) is 4.39 Å². The van der Waals surface area contributed by atoms with E-state index < -0.39 is 0 Å². The third kappa shape index (κ3) is 2.33. The molecule has 0 bridgehead atoms. The van der Waals surface area contributed by atoms with Crippen molar-refractivity contribution < 1.29 is 9.18 Å². The molecule has 3 nitrogen and oxygen atoms in total. The van der Waals surface area contributed by atoms with Gasteiger partial charge in [0.05, 0.1) is 5.54 Å². The van der Waals surface area contributed by atoms with E-state index in [9.17, 15) is 9.18 Å². The molecule has 108 valence electrons. The Balaban J connectivity index is 1.64. The van der Waals surface area contributed by atoms with E-state index in [1.165, 1.54) is 12.1 Å². The number of hydrogen-bond donors (Lipinski definition) is 0. The van der Waals surface area contributed by atoms with Crippen LogP contribution in [0.25, 0.3) is 0 Å². The van der Waals surface area contributed by atoms with Gasteiger partial charge in [-0.1, -0.05) is 0 Å². The van der Waals surface area contributed by atoms with Gasteiger partial charge in [0, 0.05) is 31.2 Å². The van der Waals surface area contributed by atoms with Gasteiger partial charge in [-0.05, 0) is 51.0 Å². The number of piperidine rings is 1. The van der Waals surface area contributed by atoms with E-state index in [-0.39, 0.29) is 17.3 Å². The summed E-state index contributed by atoms with van der Waals surface area (Å²) >= 11 is 0. The van der Waals surface area contributed by atoms with Crippen LogP contribution in [0, 0.1) is 5.82 Å². The SMILES string of the molecule is CC(C)N1CCC2(CC1)CN2C(=O)c1ccc(F)cc1. The zero-order valence-electron chi connectivity index (χ0n) is 12.1. The van der Waals surface area contributed by atoms with Crippen molar-refractivity contribution in [3.8, 4) is 0 Å². The normalized spacial score (nSPS) is 21.5. The zero-order valence-corrected chi connectivity index (χ0v) is 12.1. The Morgan fingerprint density at radius 3 is 2.35 bits per heavy atom. The molecule has 0 saturated carbocycles. The summed E-state index contributed by atoms with van der Waals surface area (Å²) in [6.07, 6.45) is 2.11. The Bertz CT molecular complexity index is 504. The van der Waals surface area contributed by atoms with Crippen molar-refractivity contribution in [1.29, 1.82) is 0 Å². The van der Waals surface area contributed by atoms with E-state index in [2.05, 4.69) is 18.7 Å². The van der Waals surface area contributed by atoms with Crippen molar-refractivity contribution in [2.75, 3.05) is 19.6 Å². The Morgan fingerprint density at radius 1 is 1.20 bits per heavy atom. The zero-order chi connectivity index (χ0) is 14.3. The number of carbonyl (C=O) groups excluding carboxylic acids is 1. The summed E-state index contributed by atoms with van der Waals surface area (Å²) < 4.78 is 12.9. The fraction of sp³-hybridized carbons (Fsp3) is 0.562. The molecule has 0 aliphatic carbocycles. The Labute approximate surface area is 119 Å². The quantitative estimate of drug-likeness (QED) is 0.775. The minimum absolute atomic E-state index is 0.0444. The molecule has 20 heavy (non-hydrogen) atoms. The lowest BCUT2D eigenvalue weighted by molar-refractivity contribution is 0.0806. The smallest absolute Gasteiger partial charge is 0.254 e. The van der Waals surface area contributed by atoms with Gasteiger partial charge in [-0.15, -0.1) is 0 Å². The summed E-state index contributed by atoms with van der Waals surface area (Å²) in [4.78, 5) is 16.8. The number of halogens is 1. The molecule has 2 aliphatic rings. The predicted molar refractivity (Wildman–Crippen MR) is 76.1 cm³/mol. The van der Waals surface area contributed by atoms with E-state index in [0.29, 0.717) is 11.6 Å². The maximum Gasteiger partial charge on any atom is 0.254 e. The molecule has 0 aromatic heterocycles. The predicted octanol–water partition coefficient (Wildman–Crippen LogP) is 2.52. The number of nitrogens with zero attached hydrogens (tertiary/aromatic N) is 2. The van der Waals surface area contributed by atoms with Gasteiger partial charge in [0.15, 0.2) is 0 Å². The number of likely N-dealkylation sites (tertiary alicyclic amines) is 1. The minimum atomic E-state index is -0.299. The number of hydrogen-bond acceptors (Lipinski definition) is 2. The van der Waals surface area contributed by atoms with Crippen molar-refractivity contribution in [2.24, 2.45) is 0 Å². The molecule has 0 unspecified atom stereocenters. The van der Waals surface area contributed by atoms with Crippen molar-refractivity contribution >= 4 is 5.91 Å². The highest BCUT2D eigenvalue weighted by molar-refractivity contribution is 5.96. The number of carbonyl (C=O) groups is 1. The molecule has 2 aliphatic heterocycles. The molecule has 0 radical (unpaired) electrons. The second kappa shape index (κ2) is 4.85. The van der Waals surface area contributed by atoms with E-state index in [1.54, 1.807) is 12.1 Å². The maximum atomic E-state index is 12.9. The standard InChI is InChI=1S/C16H21FN2O/c1-12(2)18-9-7-16(8-10-18)11-19(16)15(20)13-3-5-14(17)6-4-13/h3-6,12H,7-11H2,1-2H3. The summed E-state index contributed by atoms with van der Waals surface area (Å²) in [5, 5.41) is 0. The lowest BCUT2D eigenvalue weighted by Crippen LogP contribution is -2.43. The second-order valence-electron chi connectivity index (χ2n) is 6.25. The van der Waals surface area contributed by atoms with E-state index in [0.717, 1.165) is 32.5 Å². The third-order valence-electron chi connectivity index (χ3n) is 4.72. The summed E-state index contributed by atoms with van der Waals surface area (Å²) in [7, 11) is 0. The van der Waals surface area contributed by atoms with Gasteiger partial charge in [0.2, 0.25) is 0 Å². The topological polar surface area (TPSA) is 23.3 Å². The minimum Gasteiger partial charge on any atom is -0.329 e. The number of amides is 1. The molecule has 1 amide bonds. The van der Waals surface area contributed by atoms with Gasteiger partial charge in [0.25, 0.3) is 5.91 Å². The van der Waals surface area contributed by atoms with E-state index in [1.807, 2.05) is 4.90 Å². The Hall–Kier alpha value is -1.42. The van der Waals surface area contributed by atoms with Gasteiger partial charge >= 0.3 is 0 Å². The highest BCUT2D eigenvalue weighted by Crippen LogP contribution is 2.43. The summed E-state index contributed by atoms with van der Waals surface area (Å²) in [5.41, 5.74) is 0.672. The summed E-state index contributed by atoms with van der Waals surface area (Å²) in [6, 6.07) is 6.43. The van der Waals surface area contributed by atoms with E-state index >= 15 is 0 Å². The molecule has 0 atom stereocenters. The number of rotatable bonds is 2. The van der Waals surface area contributed by atoms with Gasteiger partial charge in [-0.3, -0.25) is 4.79 Å². The van der Waals surface area contributed by atoms with Gasteiger partial charge in [0.1, 0.15) is 5.82 Å². The average Bonchev–Trinajstić information content (AvgIpc) is 3.13. The molecule has 2 saturated heterocycles. The molecular weight excluding hydrogens is 255 g/mol. The van der Waals surface area contributed by atoms with Gasteiger partial charge in [-0.25, -0.2) is 4.39 Å². The first-order chi connectivity index (χ1) is 9.52. The first-order valence-corrected chi connectivity index (χ1v) is 7.33. The van der Waals surface area contributed by atoms with Crippen LogP contribution in [-0.4, -0.2) is 46.9 Å². The highest BCUT2D eigenvalue weighted by atomic mass is 19.1. The fourth-order valence-electron chi connectivity index (χ4n) is 3.18. The van der Waals surface area contributed by atoms with Gasteiger partial charge in [-0.2, -0.15) is 0 Å². The fourth-order valence-corrected chi connectivity index (χ4v) is 3.18. The average molecular weight is 276 g/mol. The van der Waals surface area contributed by atoms with Crippen LogP contribution >= 0.6 is 0 Å². The van der Waals surface area contributed by atoms with Crippen LogP contribution < -0.4 is 0 Å². The van der Waals surface area contributed by atoms with Crippen LogP contribution in [-0.2, 0) is 0 Å². The molecule has 1 aromatic carbocycles. The largest absolute Gasteiger partial charge is 0.329 e. The Morgan fingerprint density at radius 2 is 1.80 bits per heavy atom. The molecule has 0 N–H and O–H groups in total. The second-order valence-corrected chi connectivity index (χ2v) is 6.25. The summed E-state index contributed by atoms with van der Waals surface area (Å²) in [6.45, 7) is 7.41. The first kappa shape index (κ1) is 13.6. The molecule has 1 spiro atoms. The molecule has 2 fully saturated rings. The monoisotopic (exact) mass is 276 g/mol. The van der Waals surface area contributed by atoms with E-state index in [4.69, 9.17) is 0 Å². The van der Waals surface area contributed by atoms with Crippen LogP contribution in [0.15, 0.2) is 24.3 Å². The lowest BCUT2D eigenvalue weighted by Gasteiger charge is -2.34. The highest BCUT2D eigenvalue weighted by Gasteiger charge is 2.55. The third-order valence-corrected chi connectivity index (χ3v) is 4.72. The van der Waals surface area contributed by atoms with Crippen LogP contribution in [0.2, 0.25) is 0 Å². The molecule has 1 aromatic rings. The van der Waals surface area contributed by atoms with Crippen molar-refractivity contribution in [3.63, 3.8) is 0 Å². The molecule has 3 rings (SSSR count). The molecular formula is C16H21FN2O. The van der Waals surface area contributed by atoms with Crippen LogP contribution in [0.3, 0.4) is 0 Å². The molecule has 4 heteroatoms. The molecule has 2 heterocycles. The lowest BCUT2D eigenvalue weighted by atomic mass is 9.95. The Kier molecular flexibility index (Phi) is 3.28. The van der Waals surface area contributed by atoms with Gasteiger partial charge < -0.3 is 9.80 Å². The van der Waals surface area contributed by atoms with Crippen LogP contribution in [0.5, 0.6) is 0 Å². The van der Waals surface area contributed by atoms with Crippen molar-refractivity contribution in [2.45, 2.75) is 38.3 Å². The first-order valence-electron chi connectivity index (χ1n) is 7.33. The van der Waals surface area contributed by atoms with Crippen LogP contribution in [0.1, 0.15) is 37.0 Å². The van der Waals surface area contributed by atoms with Crippen molar-refractivity contribution in [1.82, 2.24) is 9.80 Å². The number of benzene rings is 1. The van der Waals surface area contributed by atoms with Crippen molar-refractivity contribution in [3.05, 3.63) is 35.6 Å². The summed E-state index contributed by atoms with van der Waals surface area (Å²) in [5.74, 6) is -0.254.